The lowest BCUT2D eigenvalue weighted by Crippen LogP contribution is -2.45. The van der Waals surface area contributed by atoms with Crippen molar-refractivity contribution in [3.8, 4) is 0 Å². The van der Waals surface area contributed by atoms with Gasteiger partial charge in [0.1, 0.15) is 0 Å². The van der Waals surface area contributed by atoms with Crippen LogP contribution in [0.1, 0.15) is 37.7 Å². The topological polar surface area (TPSA) is 63.5 Å². The van der Waals surface area contributed by atoms with Crippen LogP contribution in [-0.4, -0.2) is 16.9 Å². The molecule has 5 heteroatoms. The fourth-order valence-corrected chi connectivity index (χ4v) is 3.39. The Balaban J connectivity index is 1.89. The second kappa shape index (κ2) is 3.35. The molecule has 1 aromatic rings. The minimum atomic E-state index is -0.441. The van der Waals surface area contributed by atoms with Crippen molar-refractivity contribution in [1.82, 2.24) is 0 Å². The Morgan fingerprint density at radius 3 is 2.58 bits per heavy atom. The average Bonchev–Trinajstić information content (AvgIpc) is 3.10. The Morgan fingerprint density at radius 2 is 2.05 bits per heavy atom. The number of carbonyl (C=O) groups excluding carboxylic acids is 1. The van der Waals surface area contributed by atoms with E-state index in [9.17, 15) is 14.9 Å². The SMILES string of the molecule is O=C1N(C2CC2)c2ccc([N+](=O)[O-])cc2C12CCC2. The number of nitro benzene ring substituents is 1. The summed E-state index contributed by atoms with van der Waals surface area (Å²) in [5.41, 5.74) is 1.46. The van der Waals surface area contributed by atoms with Gasteiger partial charge in [-0.3, -0.25) is 14.9 Å². The summed E-state index contributed by atoms with van der Waals surface area (Å²) in [5, 5.41) is 10.9. The smallest absolute Gasteiger partial charge is 0.269 e. The summed E-state index contributed by atoms with van der Waals surface area (Å²) in [6.45, 7) is 0. The molecule has 1 amide bonds. The molecule has 0 radical (unpaired) electrons. The van der Waals surface area contributed by atoms with Crippen molar-refractivity contribution in [2.24, 2.45) is 0 Å². The standard InChI is InChI=1S/C14H14N2O3/c17-13-14(6-1-7-14)11-8-10(16(18)19)4-5-12(11)15(13)9-2-3-9/h4-5,8-9H,1-3,6-7H2. The molecule has 2 aliphatic carbocycles. The number of nitrogens with zero attached hydrogens (tertiary/aromatic N) is 2. The van der Waals surface area contributed by atoms with E-state index in [0.29, 0.717) is 6.04 Å². The van der Waals surface area contributed by atoms with Crippen LogP contribution in [0.4, 0.5) is 11.4 Å². The van der Waals surface area contributed by atoms with Crippen LogP contribution in [-0.2, 0) is 10.2 Å². The normalized spacial score (nSPS) is 23.4. The van der Waals surface area contributed by atoms with Gasteiger partial charge >= 0.3 is 0 Å². The van der Waals surface area contributed by atoms with Crippen LogP contribution in [0.3, 0.4) is 0 Å². The lowest BCUT2D eigenvalue weighted by atomic mass is 9.65. The zero-order chi connectivity index (χ0) is 13.2. The van der Waals surface area contributed by atoms with Crippen molar-refractivity contribution in [3.05, 3.63) is 33.9 Å². The number of nitro groups is 1. The molecular weight excluding hydrogens is 244 g/mol. The van der Waals surface area contributed by atoms with Crippen molar-refractivity contribution in [3.63, 3.8) is 0 Å². The Labute approximate surface area is 110 Å². The fourth-order valence-electron chi connectivity index (χ4n) is 3.39. The van der Waals surface area contributed by atoms with Crippen molar-refractivity contribution in [1.29, 1.82) is 0 Å². The Kier molecular flexibility index (Phi) is 1.93. The number of rotatable bonds is 2. The van der Waals surface area contributed by atoms with Gasteiger partial charge < -0.3 is 4.90 Å². The molecule has 2 fully saturated rings. The maximum atomic E-state index is 12.7. The van der Waals surface area contributed by atoms with Gasteiger partial charge in [0.05, 0.1) is 10.3 Å². The van der Waals surface area contributed by atoms with Crippen LogP contribution in [0.25, 0.3) is 0 Å². The minimum Gasteiger partial charge on any atom is -0.308 e. The molecule has 1 spiro atoms. The molecule has 0 aromatic heterocycles. The van der Waals surface area contributed by atoms with Crippen LogP contribution >= 0.6 is 0 Å². The molecule has 4 rings (SSSR count). The summed E-state index contributed by atoms with van der Waals surface area (Å²) in [7, 11) is 0. The van der Waals surface area contributed by atoms with Gasteiger partial charge in [0.25, 0.3) is 5.69 Å². The number of benzene rings is 1. The summed E-state index contributed by atoms with van der Waals surface area (Å²) in [4.78, 5) is 25.1. The second-order valence-electron chi connectivity index (χ2n) is 5.80. The van der Waals surface area contributed by atoms with Crippen LogP contribution in [0.15, 0.2) is 18.2 Å². The molecule has 98 valence electrons. The molecule has 5 nitrogen and oxygen atoms in total. The van der Waals surface area contributed by atoms with Crippen LogP contribution in [0.5, 0.6) is 0 Å². The summed E-state index contributed by atoms with van der Waals surface area (Å²) >= 11 is 0. The van der Waals surface area contributed by atoms with Gasteiger partial charge in [-0.1, -0.05) is 6.42 Å². The highest BCUT2D eigenvalue weighted by molar-refractivity contribution is 6.09. The molecule has 19 heavy (non-hydrogen) atoms. The van der Waals surface area contributed by atoms with E-state index in [2.05, 4.69) is 0 Å². The molecule has 0 saturated heterocycles. The Bertz CT molecular complexity index is 603. The number of fused-ring (bicyclic) bond motifs is 2. The van der Waals surface area contributed by atoms with Crippen LogP contribution in [0.2, 0.25) is 0 Å². The summed E-state index contributed by atoms with van der Waals surface area (Å²) in [6, 6.07) is 5.22. The number of hydrogen-bond donors (Lipinski definition) is 0. The maximum Gasteiger partial charge on any atom is 0.269 e. The molecular formula is C14H14N2O3. The summed E-state index contributed by atoms with van der Waals surface area (Å²) in [5.74, 6) is 0.178. The third-order valence-corrected chi connectivity index (χ3v) is 4.71. The van der Waals surface area contributed by atoms with Gasteiger partial charge in [0.2, 0.25) is 5.91 Å². The van der Waals surface area contributed by atoms with Crippen molar-refractivity contribution >= 4 is 17.3 Å². The second-order valence-corrected chi connectivity index (χ2v) is 5.80. The van der Waals surface area contributed by atoms with Gasteiger partial charge in [0.15, 0.2) is 0 Å². The number of carbonyl (C=O) groups is 1. The third-order valence-electron chi connectivity index (χ3n) is 4.71. The molecule has 2 saturated carbocycles. The number of amides is 1. The summed E-state index contributed by atoms with van der Waals surface area (Å²) in [6.07, 6.45) is 4.81. The number of non-ortho nitro benzene ring substituents is 1. The van der Waals surface area contributed by atoms with Crippen LogP contribution < -0.4 is 4.90 Å². The summed E-state index contributed by atoms with van der Waals surface area (Å²) < 4.78 is 0. The first kappa shape index (κ1) is 11.0. The van der Waals surface area contributed by atoms with Gasteiger partial charge in [-0.15, -0.1) is 0 Å². The lowest BCUT2D eigenvalue weighted by Gasteiger charge is -2.36. The first-order chi connectivity index (χ1) is 9.13. The zero-order valence-corrected chi connectivity index (χ0v) is 10.5. The van der Waals surface area contributed by atoms with Gasteiger partial charge in [-0.05, 0) is 37.3 Å². The van der Waals surface area contributed by atoms with Crippen molar-refractivity contribution in [2.75, 3.05) is 4.90 Å². The predicted molar refractivity (Wildman–Crippen MR) is 69.1 cm³/mol. The first-order valence-corrected chi connectivity index (χ1v) is 6.76. The van der Waals surface area contributed by atoms with Crippen molar-refractivity contribution < 1.29 is 9.72 Å². The van der Waals surface area contributed by atoms with E-state index in [1.165, 1.54) is 6.07 Å². The molecule has 1 aromatic carbocycles. The van der Waals surface area contributed by atoms with E-state index in [1.807, 2.05) is 4.90 Å². The highest BCUT2D eigenvalue weighted by Crippen LogP contribution is 2.56. The van der Waals surface area contributed by atoms with E-state index in [0.717, 1.165) is 43.4 Å². The van der Waals surface area contributed by atoms with Crippen molar-refractivity contribution in [2.45, 2.75) is 43.6 Å². The van der Waals surface area contributed by atoms with Crippen LogP contribution in [0, 0.1) is 10.1 Å². The largest absolute Gasteiger partial charge is 0.308 e. The van der Waals surface area contributed by atoms with Gasteiger partial charge in [-0.25, -0.2) is 0 Å². The molecule has 1 aliphatic heterocycles. The Morgan fingerprint density at radius 1 is 1.32 bits per heavy atom. The molecule has 3 aliphatic rings. The lowest BCUT2D eigenvalue weighted by molar-refractivity contribution is -0.384. The van der Waals surface area contributed by atoms with E-state index in [-0.39, 0.29) is 16.5 Å². The Hall–Kier alpha value is -1.91. The molecule has 0 N–H and O–H groups in total. The van der Waals surface area contributed by atoms with E-state index < -0.39 is 5.41 Å². The molecule has 0 atom stereocenters. The van der Waals surface area contributed by atoms with E-state index in [4.69, 9.17) is 0 Å². The average molecular weight is 258 g/mol. The monoisotopic (exact) mass is 258 g/mol. The molecule has 0 bridgehead atoms. The third kappa shape index (κ3) is 1.27. The maximum absolute atomic E-state index is 12.7. The number of hydrogen-bond acceptors (Lipinski definition) is 3. The molecule has 1 heterocycles. The zero-order valence-electron chi connectivity index (χ0n) is 10.5. The van der Waals surface area contributed by atoms with E-state index in [1.54, 1.807) is 12.1 Å². The predicted octanol–water partition coefficient (Wildman–Crippen LogP) is 2.53. The molecule has 0 unspecified atom stereocenters. The van der Waals surface area contributed by atoms with Gasteiger partial charge in [0, 0.05) is 23.9 Å². The number of anilines is 1. The quantitative estimate of drug-likeness (QED) is 0.604. The first-order valence-electron chi connectivity index (χ1n) is 6.76. The fraction of sp³-hybridized carbons (Fsp3) is 0.500. The minimum absolute atomic E-state index is 0.0930. The highest BCUT2D eigenvalue weighted by atomic mass is 16.6. The van der Waals surface area contributed by atoms with Gasteiger partial charge in [-0.2, -0.15) is 0 Å². The van der Waals surface area contributed by atoms with E-state index >= 15 is 0 Å². The highest BCUT2D eigenvalue weighted by Gasteiger charge is 2.57.